The van der Waals surface area contributed by atoms with Gasteiger partial charge in [0.25, 0.3) is 0 Å². The SMILES string of the molecule is C=CC(=O)NC(C)(N)NC. The molecule has 0 rings (SSSR count). The number of carbonyl (C=O) groups is 1. The van der Waals surface area contributed by atoms with Gasteiger partial charge in [-0.25, -0.2) is 0 Å². The lowest BCUT2D eigenvalue weighted by Gasteiger charge is -2.24. The van der Waals surface area contributed by atoms with Gasteiger partial charge in [-0.3, -0.25) is 15.8 Å². The Labute approximate surface area is 60.5 Å². The number of nitrogens with one attached hydrogen (secondary N) is 2. The first-order valence-corrected chi connectivity index (χ1v) is 2.94. The molecule has 0 radical (unpaired) electrons. The maximum absolute atomic E-state index is 10.6. The molecule has 0 aliphatic heterocycles. The molecule has 0 aromatic carbocycles. The van der Waals surface area contributed by atoms with E-state index in [1.165, 1.54) is 6.08 Å². The Morgan fingerprint density at radius 2 is 2.30 bits per heavy atom. The summed E-state index contributed by atoms with van der Waals surface area (Å²) in [6, 6.07) is 0. The Hall–Kier alpha value is -0.870. The van der Waals surface area contributed by atoms with E-state index in [0.717, 1.165) is 0 Å². The molecule has 4 N–H and O–H groups in total. The second kappa shape index (κ2) is 3.34. The van der Waals surface area contributed by atoms with Gasteiger partial charge >= 0.3 is 0 Å². The van der Waals surface area contributed by atoms with Crippen LogP contribution in [-0.2, 0) is 4.79 Å². The van der Waals surface area contributed by atoms with E-state index in [2.05, 4.69) is 17.2 Å². The molecule has 1 unspecified atom stereocenters. The minimum Gasteiger partial charge on any atom is -0.322 e. The smallest absolute Gasteiger partial charge is 0.245 e. The summed E-state index contributed by atoms with van der Waals surface area (Å²) in [5.74, 6) is -1.15. The molecular weight excluding hydrogens is 130 g/mol. The van der Waals surface area contributed by atoms with Gasteiger partial charge in [-0.15, -0.1) is 0 Å². The number of amides is 1. The van der Waals surface area contributed by atoms with Crippen LogP contribution in [0.2, 0.25) is 0 Å². The lowest BCUT2D eigenvalue weighted by Crippen LogP contribution is -2.61. The molecular formula is C6H13N3O. The largest absolute Gasteiger partial charge is 0.322 e. The van der Waals surface area contributed by atoms with Crippen molar-refractivity contribution in [3.05, 3.63) is 12.7 Å². The molecule has 58 valence electrons. The maximum atomic E-state index is 10.6. The molecule has 1 atom stereocenters. The molecule has 4 heteroatoms. The summed E-state index contributed by atoms with van der Waals surface area (Å²) in [7, 11) is 1.66. The van der Waals surface area contributed by atoms with Gasteiger partial charge in [-0.1, -0.05) is 6.58 Å². The predicted molar refractivity (Wildman–Crippen MR) is 40.0 cm³/mol. The first kappa shape index (κ1) is 9.13. The Balaban J connectivity index is 3.87. The lowest BCUT2D eigenvalue weighted by atomic mass is 10.4. The van der Waals surface area contributed by atoms with E-state index in [1.54, 1.807) is 14.0 Å². The fourth-order valence-electron chi connectivity index (χ4n) is 0.369. The molecule has 0 fully saturated rings. The van der Waals surface area contributed by atoms with Crippen LogP contribution in [0.3, 0.4) is 0 Å². The Bertz CT molecular complexity index is 142. The zero-order valence-corrected chi connectivity index (χ0v) is 6.27. The standard InChI is InChI=1S/C6H13N3O/c1-4-5(10)9-6(2,7)8-3/h4,8H,1,7H2,2-3H3,(H,9,10). The van der Waals surface area contributed by atoms with Crippen LogP contribution < -0.4 is 16.4 Å². The minimum absolute atomic E-state index is 0.292. The maximum Gasteiger partial charge on any atom is 0.245 e. The van der Waals surface area contributed by atoms with Gasteiger partial charge in [-0.2, -0.15) is 0 Å². The van der Waals surface area contributed by atoms with Crippen LogP contribution in [0.15, 0.2) is 12.7 Å². The average Bonchev–Trinajstić information content (AvgIpc) is 1.87. The summed E-state index contributed by atoms with van der Waals surface area (Å²) in [5, 5.41) is 5.17. The molecule has 0 spiro atoms. The quantitative estimate of drug-likeness (QED) is 0.356. The topological polar surface area (TPSA) is 67.2 Å². The van der Waals surface area contributed by atoms with Crippen molar-refractivity contribution in [1.82, 2.24) is 10.6 Å². The van der Waals surface area contributed by atoms with Gasteiger partial charge in [0.05, 0.1) is 0 Å². The highest BCUT2D eigenvalue weighted by Gasteiger charge is 2.15. The molecule has 4 nitrogen and oxygen atoms in total. The van der Waals surface area contributed by atoms with Crippen molar-refractivity contribution < 1.29 is 4.79 Å². The van der Waals surface area contributed by atoms with E-state index in [0.29, 0.717) is 0 Å². The van der Waals surface area contributed by atoms with Crippen LogP contribution in [0, 0.1) is 0 Å². The fraction of sp³-hybridized carbons (Fsp3) is 0.500. The molecule has 0 aliphatic rings. The summed E-state index contributed by atoms with van der Waals surface area (Å²) in [5.41, 5.74) is 5.50. The minimum atomic E-state index is -0.856. The summed E-state index contributed by atoms with van der Waals surface area (Å²) in [6.07, 6.45) is 1.17. The van der Waals surface area contributed by atoms with Gasteiger partial charge in [-0.05, 0) is 20.0 Å². The zero-order valence-electron chi connectivity index (χ0n) is 6.27. The van der Waals surface area contributed by atoms with Crippen LogP contribution in [-0.4, -0.2) is 18.7 Å². The van der Waals surface area contributed by atoms with Crippen molar-refractivity contribution in [2.24, 2.45) is 5.73 Å². The van der Waals surface area contributed by atoms with E-state index in [1.807, 2.05) is 0 Å². The number of nitrogens with two attached hydrogens (primary N) is 1. The average molecular weight is 143 g/mol. The second-order valence-electron chi connectivity index (χ2n) is 2.15. The lowest BCUT2D eigenvalue weighted by molar-refractivity contribution is -0.118. The summed E-state index contributed by atoms with van der Waals surface area (Å²) >= 11 is 0. The third-order valence-electron chi connectivity index (χ3n) is 1.09. The van der Waals surface area contributed by atoms with Crippen LogP contribution in [0.1, 0.15) is 6.92 Å². The van der Waals surface area contributed by atoms with Gasteiger partial charge in [0.15, 0.2) is 0 Å². The third kappa shape index (κ3) is 3.21. The summed E-state index contributed by atoms with van der Waals surface area (Å²) in [4.78, 5) is 10.6. The molecule has 1 amide bonds. The van der Waals surface area contributed by atoms with Crippen molar-refractivity contribution in [2.45, 2.75) is 12.7 Å². The molecule has 0 aromatic heterocycles. The predicted octanol–water partition coefficient (Wildman–Crippen LogP) is -0.860. The monoisotopic (exact) mass is 143 g/mol. The van der Waals surface area contributed by atoms with E-state index < -0.39 is 5.79 Å². The Morgan fingerprint density at radius 3 is 2.60 bits per heavy atom. The van der Waals surface area contributed by atoms with Gasteiger partial charge in [0.2, 0.25) is 5.91 Å². The van der Waals surface area contributed by atoms with E-state index >= 15 is 0 Å². The van der Waals surface area contributed by atoms with Gasteiger partial charge in [0.1, 0.15) is 5.79 Å². The third-order valence-corrected chi connectivity index (χ3v) is 1.09. The van der Waals surface area contributed by atoms with Crippen molar-refractivity contribution >= 4 is 5.91 Å². The highest BCUT2D eigenvalue weighted by molar-refractivity contribution is 5.87. The van der Waals surface area contributed by atoms with E-state index in [4.69, 9.17) is 5.73 Å². The molecule has 0 heterocycles. The van der Waals surface area contributed by atoms with E-state index in [-0.39, 0.29) is 5.91 Å². The van der Waals surface area contributed by atoms with Crippen molar-refractivity contribution in [2.75, 3.05) is 7.05 Å². The molecule has 0 saturated carbocycles. The number of carbonyl (C=O) groups excluding carboxylic acids is 1. The molecule has 0 bridgehead atoms. The molecule has 10 heavy (non-hydrogen) atoms. The van der Waals surface area contributed by atoms with Crippen molar-refractivity contribution in [1.29, 1.82) is 0 Å². The van der Waals surface area contributed by atoms with Gasteiger partial charge in [0, 0.05) is 0 Å². The van der Waals surface area contributed by atoms with E-state index in [9.17, 15) is 4.79 Å². The zero-order chi connectivity index (χ0) is 8.20. The highest BCUT2D eigenvalue weighted by Crippen LogP contribution is 1.84. The van der Waals surface area contributed by atoms with Crippen LogP contribution in [0.5, 0.6) is 0 Å². The van der Waals surface area contributed by atoms with Crippen LogP contribution in [0.25, 0.3) is 0 Å². The fourth-order valence-corrected chi connectivity index (χ4v) is 0.369. The molecule has 0 aliphatic carbocycles. The number of hydrogen-bond acceptors (Lipinski definition) is 3. The molecule has 0 aromatic rings. The highest BCUT2D eigenvalue weighted by atomic mass is 16.1. The number of hydrogen-bond donors (Lipinski definition) is 3. The van der Waals surface area contributed by atoms with Gasteiger partial charge < -0.3 is 5.32 Å². The normalized spacial score (nSPS) is 15.5. The summed E-state index contributed by atoms with van der Waals surface area (Å²) < 4.78 is 0. The summed E-state index contributed by atoms with van der Waals surface area (Å²) in [6.45, 7) is 4.93. The molecule has 0 saturated heterocycles. The van der Waals surface area contributed by atoms with Crippen molar-refractivity contribution in [3.8, 4) is 0 Å². The second-order valence-corrected chi connectivity index (χ2v) is 2.15. The Kier molecular flexibility index (Phi) is 3.05. The number of rotatable bonds is 3. The van der Waals surface area contributed by atoms with Crippen LogP contribution in [0.4, 0.5) is 0 Å². The Morgan fingerprint density at radius 1 is 1.80 bits per heavy atom. The van der Waals surface area contributed by atoms with Crippen LogP contribution >= 0.6 is 0 Å². The first-order valence-electron chi connectivity index (χ1n) is 2.94. The first-order chi connectivity index (χ1) is 4.52. The van der Waals surface area contributed by atoms with Crippen molar-refractivity contribution in [3.63, 3.8) is 0 Å².